The molecule has 0 spiro atoms. The Morgan fingerprint density at radius 3 is 2.76 bits per heavy atom. The number of allylic oxidation sites excluding steroid dienone is 3. The molecule has 2 aromatic rings. The number of likely N-dealkylation sites (N-methyl/N-ethyl adjacent to an activating group) is 1. The van der Waals surface area contributed by atoms with E-state index >= 15 is 0 Å². The highest BCUT2D eigenvalue weighted by Gasteiger charge is 2.30. The summed E-state index contributed by atoms with van der Waals surface area (Å²) < 4.78 is 0. The van der Waals surface area contributed by atoms with Crippen LogP contribution in [0, 0.1) is 17.2 Å². The third-order valence-corrected chi connectivity index (χ3v) is 6.79. The number of H-pyrrole nitrogens is 1. The van der Waals surface area contributed by atoms with Crippen LogP contribution >= 0.6 is 0 Å². The molecule has 1 aliphatic carbocycles. The van der Waals surface area contributed by atoms with Crippen molar-refractivity contribution in [3.63, 3.8) is 0 Å². The number of amides is 2. The van der Waals surface area contributed by atoms with E-state index in [1.165, 1.54) is 5.70 Å². The molecule has 0 saturated carbocycles. The first-order chi connectivity index (χ1) is 16.5. The summed E-state index contributed by atoms with van der Waals surface area (Å²) in [5, 5.41) is 11.5. The molecule has 5 rings (SSSR count). The number of rotatable bonds is 5. The number of hydrogen-bond donors (Lipinski definition) is 2. The Hall–Kier alpha value is -3.71. The number of aromatic amines is 1. The van der Waals surface area contributed by atoms with Crippen LogP contribution in [0.3, 0.4) is 0 Å². The summed E-state index contributed by atoms with van der Waals surface area (Å²) in [7, 11) is 2.15. The van der Waals surface area contributed by atoms with Crippen molar-refractivity contribution in [3.05, 3.63) is 47.6 Å². The second-order valence-electron chi connectivity index (χ2n) is 9.12. The largest absolute Gasteiger partial charge is 0.369 e. The molecule has 2 fully saturated rings. The standard InChI is InChI=1S/C24H28N8O2/c1-30-6-8-31(9-7-30)18-4-2-17(3-5-18)20-12-27-23-22(29-20)19(11-26-23)24(34)28-13-21(33)32-14-16(10-25)15-32/h2,4-5,11-12,16-17H,3,6-9,13-15H2,1H3,(H,26,27)(H,28,34). The zero-order valence-corrected chi connectivity index (χ0v) is 19.2. The SMILES string of the molecule is CN1CCN(C2=CCC(c3cnc4[nH]cc(C(=O)NCC(=O)N5CC(C#N)C5)c4n3)C=C2)CC1. The Kier molecular flexibility index (Phi) is 6.02. The molecule has 2 N–H and O–H groups in total. The summed E-state index contributed by atoms with van der Waals surface area (Å²) in [4.78, 5) is 43.5. The highest BCUT2D eigenvalue weighted by molar-refractivity contribution is 6.05. The van der Waals surface area contributed by atoms with Gasteiger partial charge in [0.15, 0.2) is 5.65 Å². The lowest BCUT2D eigenvalue weighted by molar-refractivity contribution is -0.135. The van der Waals surface area contributed by atoms with Crippen molar-refractivity contribution in [2.45, 2.75) is 12.3 Å². The van der Waals surface area contributed by atoms with E-state index in [1.807, 2.05) is 0 Å². The number of nitriles is 1. The molecule has 2 aliphatic heterocycles. The molecule has 176 valence electrons. The molecule has 3 aliphatic rings. The molecule has 2 saturated heterocycles. The van der Waals surface area contributed by atoms with E-state index in [9.17, 15) is 9.59 Å². The molecule has 2 amide bonds. The van der Waals surface area contributed by atoms with Gasteiger partial charge in [-0.1, -0.05) is 12.2 Å². The molecule has 0 bridgehead atoms. The lowest BCUT2D eigenvalue weighted by atomic mass is 9.95. The van der Waals surface area contributed by atoms with Crippen LogP contribution in [0.25, 0.3) is 11.2 Å². The number of nitrogens with zero attached hydrogens (tertiary/aromatic N) is 6. The molecule has 34 heavy (non-hydrogen) atoms. The Labute approximate surface area is 197 Å². The Balaban J connectivity index is 1.23. The Morgan fingerprint density at radius 2 is 2.06 bits per heavy atom. The normalized spacial score (nSPS) is 21.2. The fourth-order valence-electron chi connectivity index (χ4n) is 4.51. The summed E-state index contributed by atoms with van der Waals surface area (Å²) in [5.41, 5.74) is 3.47. The monoisotopic (exact) mass is 460 g/mol. The van der Waals surface area contributed by atoms with Gasteiger partial charge in [-0.3, -0.25) is 9.59 Å². The number of likely N-dealkylation sites (tertiary alicyclic amines) is 1. The van der Waals surface area contributed by atoms with Crippen molar-refractivity contribution >= 4 is 23.0 Å². The molecule has 4 heterocycles. The Bertz CT molecular complexity index is 1200. The Morgan fingerprint density at radius 1 is 1.26 bits per heavy atom. The first kappa shape index (κ1) is 22.1. The third kappa shape index (κ3) is 4.39. The van der Waals surface area contributed by atoms with Crippen molar-refractivity contribution in [2.75, 3.05) is 52.9 Å². The molecule has 2 aromatic heterocycles. The number of hydrogen-bond acceptors (Lipinski definition) is 7. The van der Waals surface area contributed by atoms with E-state index in [-0.39, 0.29) is 30.2 Å². The lowest BCUT2D eigenvalue weighted by Crippen LogP contribution is -2.52. The fraction of sp³-hybridized carbons (Fsp3) is 0.458. The van der Waals surface area contributed by atoms with Gasteiger partial charge in [0.05, 0.1) is 36.0 Å². The first-order valence-corrected chi connectivity index (χ1v) is 11.6. The van der Waals surface area contributed by atoms with Gasteiger partial charge in [0.2, 0.25) is 5.91 Å². The molecule has 1 atom stereocenters. The number of fused-ring (bicyclic) bond motifs is 1. The van der Waals surface area contributed by atoms with Gasteiger partial charge in [-0.15, -0.1) is 0 Å². The number of carbonyl (C=O) groups is 2. The van der Waals surface area contributed by atoms with Crippen LogP contribution in [0.4, 0.5) is 0 Å². The number of aromatic nitrogens is 3. The highest BCUT2D eigenvalue weighted by atomic mass is 16.2. The lowest BCUT2D eigenvalue weighted by Gasteiger charge is -2.35. The molecule has 10 heteroatoms. The average Bonchev–Trinajstić information content (AvgIpc) is 3.26. The molecule has 10 nitrogen and oxygen atoms in total. The van der Waals surface area contributed by atoms with Crippen LogP contribution in [0.15, 0.2) is 36.3 Å². The average molecular weight is 461 g/mol. The van der Waals surface area contributed by atoms with Crippen LogP contribution in [-0.4, -0.2) is 94.3 Å². The summed E-state index contributed by atoms with van der Waals surface area (Å²) in [6.45, 7) is 4.94. The van der Waals surface area contributed by atoms with E-state index in [0.717, 1.165) is 38.3 Å². The van der Waals surface area contributed by atoms with Gasteiger partial charge in [-0.2, -0.15) is 5.26 Å². The minimum atomic E-state index is -0.375. The van der Waals surface area contributed by atoms with Crippen LogP contribution in [-0.2, 0) is 4.79 Å². The summed E-state index contributed by atoms with van der Waals surface area (Å²) in [5.74, 6) is -0.579. The van der Waals surface area contributed by atoms with E-state index < -0.39 is 0 Å². The van der Waals surface area contributed by atoms with Gasteiger partial charge in [-0.25, -0.2) is 9.97 Å². The zero-order valence-electron chi connectivity index (χ0n) is 19.2. The maximum absolute atomic E-state index is 12.7. The van der Waals surface area contributed by atoms with Crippen molar-refractivity contribution < 1.29 is 9.59 Å². The first-order valence-electron chi connectivity index (χ1n) is 11.6. The molecular weight excluding hydrogens is 432 g/mol. The van der Waals surface area contributed by atoms with Gasteiger partial charge >= 0.3 is 0 Å². The second-order valence-corrected chi connectivity index (χ2v) is 9.12. The van der Waals surface area contributed by atoms with Crippen LogP contribution < -0.4 is 5.32 Å². The highest BCUT2D eigenvalue weighted by Crippen LogP contribution is 2.28. The fourth-order valence-corrected chi connectivity index (χ4v) is 4.51. The van der Waals surface area contributed by atoms with E-state index in [4.69, 9.17) is 10.2 Å². The van der Waals surface area contributed by atoms with Gasteiger partial charge in [0.1, 0.15) is 5.52 Å². The zero-order chi connectivity index (χ0) is 23.7. The van der Waals surface area contributed by atoms with E-state index in [1.54, 1.807) is 17.3 Å². The molecule has 1 unspecified atom stereocenters. The van der Waals surface area contributed by atoms with Gasteiger partial charge in [0.25, 0.3) is 5.91 Å². The van der Waals surface area contributed by atoms with Gasteiger partial charge < -0.3 is 25.0 Å². The van der Waals surface area contributed by atoms with Crippen molar-refractivity contribution in [1.29, 1.82) is 5.26 Å². The van der Waals surface area contributed by atoms with Crippen LogP contribution in [0.2, 0.25) is 0 Å². The molecule has 0 radical (unpaired) electrons. The minimum absolute atomic E-state index is 0.0972. The van der Waals surface area contributed by atoms with Crippen LogP contribution in [0.5, 0.6) is 0 Å². The number of nitrogens with one attached hydrogen (secondary N) is 2. The summed E-state index contributed by atoms with van der Waals surface area (Å²) in [6.07, 6.45) is 10.7. The van der Waals surface area contributed by atoms with Gasteiger partial charge in [-0.05, 0) is 19.5 Å². The summed E-state index contributed by atoms with van der Waals surface area (Å²) in [6, 6.07) is 2.13. The van der Waals surface area contributed by atoms with E-state index in [0.29, 0.717) is 29.8 Å². The van der Waals surface area contributed by atoms with Gasteiger partial charge in [0, 0.05) is 57.1 Å². The summed E-state index contributed by atoms with van der Waals surface area (Å²) >= 11 is 0. The van der Waals surface area contributed by atoms with Crippen molar-refractivity contribution in [2.24, 2.45) is 5.92 Å². The predicted molar refractivity (Wildman–Crippen MR) is 126 cm³/mol. The topological polar surface area (TPSA) is 121 Å². The van der Waals surface area contributed by atoms with E-state index in [2.05, 4.69) is 56.4 Å². The smallest absolute Gasteiger partial charge is 0.255 e. The maximum atomic E-state index is 12.7. The van der Waals surface area contributed by atoms with Crippen molar-refractivity contribution in [3.8, 4) is 6.07 Å². The maximum Gasteiger partial charge on any atom is 0.255 e. The molecule has 0 aromatic carbocycles. The quantitative estimate of drug-likeness (QED) is 0.678. The number of carbonyl (C=O) groups excluding carboxylic acids is 2. The van der Waals surface area contributed by atoms with Crippen molar-refractivity contribution in [1.82, 2.24) is 35.0 Å². The second kappa shape index (κ2) is 9.27. The minimum Gasteiger partial charge on any atom is -0.369 e. The van der Waals surface area contributed by atoms with Crippen LogP contribution in [0.1, 0.15) is 28.4 Å². The third-order valence-electron chi connectivity index (χ3n) is 6.79. The number of piperazine rings is 1. The predicted octanol–water partition coefficient (Wildman–Crippen LogP) is 0.844. The molecular formula is C24H28N8O2.